The molecule has 4 atom stereocenters. The van der Waals surface area contributed by atoms with Crippen LogP contribution in [0.25, 0.3) is 11.2 Å². The summed E-state index contributed by atoms with van der Waals surface area (Å²) < 4.78 is 27.9. The summed E-state index contributed by atoms with van der Waals surface area (Å²) in [6, 6.07) is 9.50. The molecular weight excluding hydrogens is 414 g/mol. The van der Waals surface area contributed by atoms with Gasteiger partial charge in [0.2, 0.25) is 5.88 Å². The molecule has 158 valence electrons. The van der Waals surface area contributed by atoms with E-state index in [0.717, 1.165) is 11.3 Å². The highest BCUT2D eigenvalue weighted by atomic mass is 35.5. The van der Waals surface area contributed by atoms with Crippen molar-refractivity contribution >= 4 is 22.8 Å². The molecule has 10 heteroatoms. The van der Waals surface area contributed by atoms with Gasteiger partial charge in [-0.2, -0.15) is 9.97 Å². The molecule has 2 N–H and O–H groups in total. The number of fused-ring (bicyclic) bond motifs is 2. The number of aromatic amines is 1. The summed E-state index contributed by atoms with van der Waals surface area (Å²) in [6.45, 7) is 0.855. The number of rotatable bonds is 6. The summed E-state index contributed by atoms with van der Waals surface area (Å²) in [6.07, 6.45) is -1.70. The van der Waals surface area contributed by atoms with Crippen molar-refractivity contribution in [2.75, 3.05) is 20.3 Å². The van der Waals surface area contributed by atoms with Crippen molar-refractivity contribution in [2.24, 2.45) is 0 Å². The fraction of sp³-hybridized carbons (Fsp3) is 0.400. The van der Waals surface area contributed by atoms with Gasteiger partial charge in [-0.1, -0.05) is 23.7 Å². The number of aliphatic hydroxyl groups excluding tert-OH is 1. The second-order valence-electron chi connectivity index (χ2n) is 7.14. The molecule has 2 fully saturated rings. The molecule has 1 aromatic carbocycles. The first-order chi connectivity index (χ1) is 14.6. The molecule has 2 aromatic heterocycles. The van der Waals surface area contributed by atoms with Crippen molar-refractivity contribution in [1.82, 2.24) is 15.0 Å². The second-order valence-corrected chi connectivity index (χ2v) is 7.55. The molecule has 5 rings (SSSR count). The van der Waals surface area contributed by atoms with Crippen molar-refractivity contribution < 1.29 is 28.8 Å². The Morgan fingerprint density at radius 1 is 1.17 bits per heavy atom. The Bertz CT molecular complexity index is 1040. The first-order valence-electron chi connectivity index (χ1n) is 9.50. The number of nitrogens with one attached hydrogen (secondary N) is 1. The van der Waals surface area contributed by atoms with E-state index in [1.54, 1.807) is 13.2 Å². The number of pyridine rings is 1. The van der Waals surface area contributed by atoms with Crippen molar-refractivity contribution in [2.45, 2.75) is 31.0 Å². The van der Waals surface area contributed by atoms with Crippen molar-refractivity contribution in [3.63, 3.8) is 0 Å². The number of hydrogen-bond donors (Lipinski definition) is 2. The highest BCUT2D eigenvalue weighted by Crippen LogP contribution is 2.31. The summed E-state index contributed by atoms with van der Waals surface area (Å²) in [5, 5.41) is 10.2. The third-order valence-electron chi connectivity index (χ3n) is 5.15. The lowest BCUT2D eigenvalue weighted by Gasteiger charge is -2.15. The molecule has 0 bridgehead atoms. The van der Waals surface area contributed by atoms with E-state index in [-0.39, 0.29) is 36.8 Å². The zero-order valence-electron chi connectivity index (χ0n) is 16.1. The summed E-state index contributed by atoms with van der Waals surface area (Å²) in [7, 11) is 1.62. The van der Waals surface area contributed by atoms with Crippen molar-refractivity contribution in [3.8, 4) is 17.6 Å². The number of nitrogens with zero attached hydrogens (tertiary/aromatic N) is 2. The number of ether oxygens (including phenoxy) is 5. The monoisotopic (exact) mass is 433 g/mol. The van der Waals surface area contributed by atoms with E-state index in [0.29, 0.717) is 29.4 Å². The Morgan fingerprint density at radius 3 is 2.77 bits per heavy atom. The first-order valence-corrected chi connectivity index (χ1v) is 9.88. The Morgan fingerprint density at radius 2 is 1.97 bits per heavy atom. The normalized spacial score (nSPS) is 25.4. The SMILES string of the molecule is COc1ccc(COc2nc3nc(O[C@@H]4CO[C@H]5C4OC[C@H]5O)[nH]c3cc2Cl)cc1. The second kappa shape index (κ2) is 7.92. The number of imidazole rings is 1. The lowest BCUT2D eigenvalue weighted by atomic mass is 10.1. The standard InChI is InChI=1S/C20H20ClN3O6/c1-26-11-4-2-10(3-5-11)7-29-19-12(21)6-13-18(23-19)24-20(22-13)30-15-9-28-16-14(25)8-27-17(15)16/h2-6,14-17,25H,7-9H2,1H3,(H,22,23,24)/t14-,15-,16-,17?/m1/s1. The summed E-state index contributed by atoms with van der Waals surface area (Å²) in [4.78, 5) is 11.8. The average Bonchev–Trinajstić information content (AvgIpc) is 3.44. The molecule has 0 aliphatic carbocycles. The number of halogens is 1. The van der Waals surface area contributed by atoms with E-state index in [4.69, 9.17) is 35.3 Å². The molecule has 2 aliphatic heterocycles. The van der Waals surface area contributed by atoms with E-state index < -0.39 is 6.10 Å². The number of benzene rings is 1. The predicted octanol–water partition coefficient (Wildman–Crippen LogP) is 2.10. The van der Waals surface area contributed by atoms with Crippen LogP contribution in [0.4, 0.5) is 0 Å². The fourth-order valence-corrected chi connectivity index (χ4v) is 3.80. The molecule has 0 saturated carbocycles. The molecule has 9 nitrogen and oxygen atoms in total. The van der Waals surface area contributed by atoms with E-state index in [2.05, 4.69) is 15.0 Å². The quantitative estimate of drug-likeness (QED) is 0.608. The van der Waals surface area contributed by atoms with Crippen LogP contribution in [0, 0.1) is 0 Å². The zero-order chi connectivity index (χ0) is 20.7. The molecule has 2 saturated heterocycles. The highest BCUT2D eigenvalue weighted by Gasteiger charge is 2.48. The maximum Gasteiger partial charge on any atom is 0.296 e. The number of aliphatic hydroxyl groups is 1. The van der Waals surface area contributed by atoms with E-state index in [9.17, 15) is 5.11 Å². The lowest BCUT2D eigenvalue weighted by Crippen LogP contribution is -2.34. The number of aromatic nitrogens is 3. The van der Waals surface area contributed by atoms with Crippen LogP contribution in [-0.4, -0.2) is 64.8 Å². The van der Waals surface area contributed by atoms with Gasteiger partial charge in [0.15, 0.2) is 11.8 Å². The van der Waals surface area contributed by atoms with Gasteiger partial charge in [0.1, 0.15) is 35.7 Å². The molecule has 30 heavy (non-hydrogen) atoms. The van der Waals surface area contributed by atoms with Crippen LogP contribution in [-0.2, 0) is 16.1 Å². The van der Waals surface area contributed by atoms with Gasteiger partial charge in [-0.25, -0.2) is 0 Å². The van der Waals surface area contributed by atoms with Gasteiger partial charge in [-0.15, -0.1) is 0 Å². The first kappa shape index (κ1) is 19.4. The minimum absolute atomic E-state index is 0.237. The van der Waals surface area contributed by atoms with Gasteiger partial charge in [0, 0.05) is 0 Å². The minimum Gasteiger partial charge on any atom is -0.497 e. The van der Waals surface area contributed by atoms with Gasteiger partial charge >= 0.3 is 0 Å². The molecule has 3 aromatic rings. The molecule has 0 radical (unpaired) electrons. The minimum atomic E-state index is -0.634. The van der Waals surface area contributed by atoms with Crippen LogP contribution in [0.5, 0.6) is 17.6 Å². The van der Waals surface area contributed by atoms with Gasteiger partial charge in [-0.05, 0) is 23.8 Å². The Kier molecular flexibility index (Phi) is 5.11. The van der Waals surface area contributed by atoms with Crippen LogP contribution in [0.1, 0.15) is 5.56 Å². The summed E-state index contributed by atoms with van der Waals surface area (Å²) >= 11 is 6.32. The zero-order valence-corrected chi connectivity index (χ0v) is 16.8. The lowest BCUT2D eigenvalue weighted by molar-refractivity contribution is 0.00706. The smallest absolute Gasteiger partial charge is 0.296 e. The number of methoxy groups -OCH3 is 1. The van der Waals surface area contributed by atoms with Crippen LogP contribution in [0.2, 0.25) is 5.02 Å². The van der Waals surface area contributed by atoms with Crippen LogP contribution < -0.4 is 14.2 Å². The fourth-order valence-electron chi connectivity index (χ4n) is 3.60. The number of H-pyrrole nitrogens is 1. The maximum atomic E-state index is 9.84. The third kappa shape index (κ3) is 3.65. The molecule has 2 aliphatic rings. The van der Waals surface area contributed by atoms with E-state index in [1.165, 1.54) is 0 Å². The molecular formula is C20H20ClN3O6. The summed E-state index contributed by atoms with van der Waals surface area (Å²) in [5.41, 5.74) is 1.99. The topological polar surface area (TPSA) is 108 Å². The van der Waals surface area contributed by atoms with Gasteiger partial charge in [0.25, 0.3) is 6.01 Å². The predicted molar refractivity (Wildman–Crippen MR) is 106 cm³/mol. The highest BCUT2D eigenvalue weighted by molar-refractivity contribution is 6.32. The van der Waals surface area contributed by atoms with Crippen molar-refractivity contribution in [1.29, 1.82) is 0 Å². The molecule has 0 spiro atoms. The Balaban J connectivity index is 1.29. The largest absolute Gasteiger partial charge is 0.497 e. The van der Waals surface area contributed by atoms with E-state index in [1.807, 2.05) is 24.3 Å². The third-order valence-corrected chi connectivity index (χ3v) is 5.42. The van der Waals surface area contributed by atoms with Gasteiger partial charge < -0.3 is 33.8 Å². The van der Waals surface area contributed by atoms with Gasteiger partial charge in [-0.3, -0.25) is 0 Å². The van der Waals surface area contributed by atoms with Crippen LogP contribution >= 0.6 is 11.6 Å². The Labute approximate surface area is 176 Å². The van der Waals surface area contributed by atoms with E-state index >= 15 is 0 Å². The average molecular weight is 434 g/mol. The van der Waals surface area contributed by atoms with Crippen LogP contribution in [0.15, 0.2) is 30.3 Å². The molecule has 0 amide bonds. The van der Waals surface area contributed by atoms with Crippen molar-refractivity contribution in [3.05, 3.63) is 40.9 Å². The number of hydrogen-bond acceptors (Lipinski definition) is 8. The maximum absolute atomic E-state index is 9.84. The van der Waals surface area contributed by atoms with Gasteiger partial charge in [0.05, 0.1) is 25.8 Å². The Hall–Kier alpha value is -2.59. The molecule has 1 unspecified atom stereocenters. The molecule has 4 heterocycles. The summed E-state index contributed by atoms with van der Waals surface area (Å²) in [5.74, 6) is 1.06. The van der Waals surface area contributed by atoms with Crippen LogP contribution in [0.3, 0.4) is 0 Å².